The van der Waals surface area contributed by atoms with Crippen molar-refractivity contribution in [2.24, 2.45) is 5.92 Å². The standard InChI is InChI=1S/C16H19F2N3O2/c17-12-2-3-14(13(18)9-12)21-10-11(8-15(21)22)16(23)20-6-1-4-19-5-7-20/h2-3,9,11,19H,1,4-8,10H2/t11-/m0/s1. The number of hydrogen-bond donors (Lipinski definition) is 1. The van der Waals surface area contributed by atoms with Gasteiger partial charge in [-0.15, -0.1) is 0 Å². The summed E-state index contributed by atoms with van der Waals surface area (Å²) in [5, 5.41) is 3.22. The van der Waals surface area contributed by atoms with E-state index < -0.39 is 17.6 Å². The van der Waals surface area contributed by atoms with Crippen LogP contribution in [0.2, 0.25) is 0 Å². The van der Waals surface area contributed by atoms with E-state index in [2.05, 4.69) is 5.32 Å². The minimum Gasteiger partial charge on any atom is -0.341 e. The summed E-state index contributed by atoms with van der Waals surface area (Å²) in [4.78, 5) is 27.7. The van der Waals surface area contributed by atoms with E-state index >= 15 is 0 Å². The lowest BCUT2D eigenvalue weighted by atomic mass is 10.1. The molecule has 2 aliphatic rings. The van der Waals surface area contributed by atoms with Gasteiger partial charge in [0.25, 0.3) is 0 Å². The van der Waals surface area contributed by atoms with Crippen LogP contribution in [0.15, 0.2) is 18.2 Å². The van der Waals surface area contributed by atoms with Crippen LogP contribution in [-0.2, 0) is 9.59 Å². The number of carbonyl (C=O) groups excluding carboxylic acids is 2. The first kappa shape index (κ1) is 15.9. The Kier molecular flexibility index (Phi) is 4.56. The van der Waals surface area contributed by atoms with Crippen molar-refractivity contribution in [1.29, 1.82) is 0 Å². The first-order valence-corrected chi connectivity index (χ1v) is 7.81. The van der Waals surface area contributed by atoms with Crippen molar-refractivity contribution < 1.29 is 18.4 Å². The Morgan fingerprint density at radius 1 is 1.22 bits per heavy atom. The second-order valence-electron chi connectivity index (χ2n) is 5.93. The monoisotopic (exact) mass is 323 g/mol. The number of rotatable bonds is 2. The molecule has 3 rings (SSSR count). The molecule has 0 unspecified atom stereocenters. The minimum atomic E-state index is -0.787. The third-order valence-electron chi connectivity index (χ3n) is 4.33. The molecule has 0 spiro atoms. The van der Waals surface area contributed by atoms with Crippen molar-refractivity contribution in [3.05, 3.63) is 29.8 Å². The number of hydrogen-bond acceptors (Lipinski definition) is 3. The number of benzene rings is 1. The molecule has 2 aliphatic heterocycles. The molecule has 0 saturated carbocycles. The predicted octanol–water partition coefficient (Wildman–Crippen LogP) is 1.14. The smallest absolute Gasteiger partial charge is 0.228 e. The van der Waals surface area contributed by atoms with Crippen molar-refractivity contribution in [2.75, 3.05) is 37.6 Å². The van der Waals surface area contributed by atoms with Crippen LogP contribution in [0, 0.1) is 17.6 Å². The Hall–Kier alpha value is -2.02. The van der Waals surface area contributed by atoms with E-state index in [4.69, 9.17) is 0 Å². The Labute approximate surface area is 133 Å². The molecule has 1 atom stereocenters. The highest BCUT2D eigenvalue weighted by molar-refractivity contribution is 6.00. The zero-order valence-electron chi connectivity index (χ0n) is 12.7. The second-order valence-corrected chi connectivity index (χ2v) is 5.93. The third kappa shape index (κ3) is 3.34. The summed E-state index contributed by atoms with van der Waals surface area (Å²) in [5.41, 5.74) is 0.0317. The van der Waals surface area contributed by atoms with E-state index in [1.807, 2.05) is 0 Å². The van der Waals surface area contributed by atoms with E-state index in [0.717, 1.165) is 31.6 Å². The molecule has 2 fully saturated rings. The lowest BCUT2D eigenvalue weighted by molar-refractivity contribution is -0.135. The lowest BCUT2D eigenvalue weighted by Gasteiger charge is -2.23. The number of halogens is 2. The van der Waals surface area contributed by atoms with Crippen LogP contribution in [0.1, 0.15) is 12.8 Å². The molecule has 1 aromatic carbocycles. The quantitative estimate of drug-likeness (QED) is 0.888. The van der Waals surface area contributed by atoms with E-state index in [0.29, 0.717) is 13.1 Å². The van der Waals surface area contributed by atoms with Gasteiger partial charge in [0.05, 0.1) is 11.6 Å². The molecule has 124 valence electrons. The molecule has 23 heavy (non-hydrogen) atoms. The van der Waals surface area contributed by atoms with Gasteiger partial charge in [-0.2, -0.15) is 0 Å². The van der Waals surface area contributed by atoms with E-state index in [1.54, 1.807) is 4.90 Å². The van der Waals surface area contributed by atoms with E-state index in [1.165, 1.54) is 11.0 Å². The summed E-state index contributed by atoms with van der Waals surface area (Å²) in [6, 6.07) is 3.10. The topological polar surface area (TPSA) is 52.7 Å². The molecule has 2 amide bonds. The molecule has 2 saturated heterocycles. The fourth-order valence-corrected chi connectivity index (χ4v) is 3.13. The SMILES string of the molecule is O=C([C@H]1CC(=O)N(c2ccc(F)cc2F)C1)N1CCCNCC1. The van der Waals surface area contributed by atoms with Crippen LogP contribution in [0.4, 0.5) is 14.5 Å². The van der Waals surface area contributed by atoms with Gasteiger partial charge in [0.1, 0.15) is 11.6 Å². The van der Waals surface area contributed by atoms with Crippen molar-refractivity contribution in [2.45, 2.75) is 12.8 Å². The molecule has 2 heterocycles. The maximum absolute atomic E-state index is 13.9. The molecule has 7 heteroatoms. The fourth-order valence-electron chi connectivity index (χ4n) is 3.13. The summed E-state index contributed by atoms with van der Waals surface area (Å²) >= 11 is 0. The van der Waals surface area contributed by atoms with Crippen molar-refractivity contribution in [3.8, 4) is 0 Å². The minimum absolute atomic E-state index is 0.0317. The summed E-state index contributed by atoms with van der Waals surface area (Å²) in [7, 11) is 0. The average molecular weight is 323 g/mol. The third-order valence-corrected chi connectivity index (χ3v) is 4.33. The van der Waals surface area contributed by atoms with Gasteiger partial charge in [-0.3, -0.25) is 9.59 Å². The molecule has 1 N–H and O–H groups in total. The highest BCUT2D eigenvalue weighted by atomic mass is 19.1. The Morgan fingerprint density at radius 3 is 2.83 bits per heavy atom. The summed E-state index contributed by atoms with van der Waals surface area (Å²) in [6.07, 6.45) is 0.947. The maximum atomic E-state index is 13.9. The molecule has 1 aromatic rings. The van der Waals surface area contributed by atoms with Gasteiger partial charge < -0.3 is 15.1 Å². The van der Waals surface area contributed by atoms with Crippen LogP contribution in [0.25, 0.3) is 0 Å². The Balaban J connectivity index is 1.72. The largest absolute Gasteiger partial charge is 0.341 e. The van der Waals surface area contributed by atoms with Gasteiger partial charge in [0.15, 0.2) is 0 Å². The lowest BCUT2D eigenvalue weighted by Crippen LogP contribution is -2.39. The molecule has 0 bridgehead atoms. The van der Waals surface area contributed by atoms with E-state index in [9.17, 15) is 18.4 Å². The Morgan fingerprint density at radius 2 is 2.04 bits per heavy atom. The number of carbonyl (C=O) groups is 2. The van der Waals surface area contributed by atoms with Gasteiger partial charge >= 0.3 is 0 Å². The van der Waals surface area contributed by atoms with Crippen LogP contribution in [0.3, 0.4) is 0 Å². The normalized spacial score (nSPS) is 22.3. The molecule has 0 aliphatic carbocycles. The molecule has 0 aromatic heterocycles. The first-order chi connectivity index (χ1) is 11.1. The van der Waals surface area contributed by atoms with Crippen molar-refractivity contribution >= 4 is 17.5 Å². The van der Waals surface area contributed by atoms with E-state index in [-0.39, 0.29) is 30.5 Å². The van der Waals surface area contributed by atoms with Gasteiger partial charge in [-0.25, -0.2) is 8.78 Å². The molecular weight excluding hydrogens is 304 g/mol. The van der Waals surface area contributed by atoms with Gasteiger partial charge in [0, 0.05) is 38.7 Å². The van der Waals surface area contributed by atoms with Crippen LogP contribution < -0.4 is 10.2 Å². The van der Waals surface area contributed by atoms with Crippen LogP contribution >= 0.6 is 0 Å². The number of nitrogens with zero attached hydrogens (tertiary/aromatic N) is 2. The van der Waals surface area contributed by atoms with Gasteiger partial charge in [-0.05, 0) is 25.1 Å². The zero-order chi connectivity index (χ0) is 16.4. The molecule has 5 nitrogen and oxygen atoms in total. The molecule has 0 radical (unpaired) electrons. The number of nitrogens with one attached hydrogen (secondary N) is 1. The number of amides is 2. The number of anilines is 1. The zero-order valence-corrected chi connectivity index (χ0v) is 12.7. The second kappa shape index (κ2) is 6.62. The van der Waals surface area contributed by atoms with Gasteiger partial charge in [0.2, 0.25) is 11.8 Å². The first-order valence-electron chi connectivity index (χ1n) is 7.81. The van der Waals surface area contributed by atoms with Crippen LogP contribution in [-0.4, -0.2) is 49.4 Å². The van der Waals surface area contributed by atoms with Crippen molar-refractivity contribution in [3.63, 3.8) is 0 Å². The van der Waals surface area contributed by atoms with Crippen LogP contribution in [0.5, 0.6) is 0 Å². The predicted molar refractivity (Wildman–Crippen MR) is 80.9 cm³/mol. The van der Waals surface area contributed by atoms with Gasteiger partial charge in [-0.1, -0.05) is 0 Å². The molecular formula is C16H19F2N3O2. The Bertz CT molecular complexity index is 615. The highest BCUT2D eigenvalue weighted by Crippen LogP contribution is 2.28. The highest BCUT2D eigenvalue weighted by Gasteiger charge is 2.38. The average Bonchev–Trinajstić information content (AvgIpc) is 2.74. The van der Waals surface area contributed by atoms with Crippen molar-refractivity contribution in [1.82, 2.24) is 10.2 Å². The fraction of sp³-hybridized carbons (Fsp3) is 0.500. The summed E-state index contributed by atoms with van der Waals surface area (Å²) in [5.74, 6) is -2.31. The summed E-state index contributed by atoms with van der Waals surface area (Å²) < 4.78 is 26.9. The summed E-state index contributed by atoms with van der Waals surface area (Å²) in [6.45, 7) is 3.04. The maximum Gasteiger partial charge on any atom is 0.228 e.